The third-order valence-corrected chi connectivity index (χ3v) is 3.46. The minimum absolute atomic E-state index is 0.0893. The summed E-state index contributed by atoms with van der Waals surface area (Å²) in [7, 11) is 0. The van der Waals surface area contributed by atoms with Gasteiger partial charge in [0.15, 0.2) is 5.78 Å². The molecule has 0 amide bonds. The zero-order valence-corrected chi connectivity index (χ0v) is 11.2. The van der Waals surface area contributed by atoms with Crippen molar-refractivity contribution in [1.82, 2.24) is 5.32 Å². The minimum Gasteiger partial charge on any atom is -0.370 e. The van der Waals surface area contributed by atoms with Crippen LogP contribution in [0.15, 0.2) is 24.3 Å². The van der Waals surface area contributed by atoms with Gasteiger partial charge in [-0.25, -0.2) is 0 Å². The number of nitriles is 1. The molecular weight excluding hydrogens is 238 g/mol. The first-order valence-electron chi connectivity index (χ1n) is 6.67. The van der Waals surface area contributed by atoms with Crippen molar-refractivity contribution < 1.29 is 4.79 Å². The number of carbonyl (C=O) groups is 1. The summed E-state index contributed by atoms with van der Waals surface area (Å²) in [6.45, 7) is 4.35. The number of nitrogens with zero attached hydrogens (tertiary/aromatic N) is 2. The fourth-order valence-electron chi connectivity index (χ4n) is 2.39. The summed E-state index contributed by atoms with van der Waals surface area (Å²) >= 11 is 0. The lowest BCUT2D eigenvalue weighted by Crippen LogP contribution is -2.37. The van der Waals surface area contributed by atoms with Crippen molar-refractivity contribution in [3.05, 3.63) is 29.8 Å². The lowest BCUT2D eigenvalue weighted by Gasteiger charge is -2.25. The number of anilines is 1. The van der Waals surface area contributed by atoms with Crippen LogP contribution in [0.25, 0.3) is 0 Å². The van der Waals surface area contributed by atoms with Gasteiger partial charge < -0.3 is 10.2 Å². The summed E-state index contributed by atoms with van der Waals surface area (Å²) in [5.74, 6) is 0.0893. The molecule has 0 saturated carbocycles. The number of hydrogen-bond donors (Lipinski definition) is 1. The predicted octanol–water partition coefficient (Wildman–Crippen LogP) is 1.97. The van der Waals surface area contributed by atoms with Crippen LogP contribution in [0, 0.1) is 11.3 Å². The Bertz CT molecular complexity index is 475. The molecule has 1 fully saturated rings. The third kappa shape index (κ3) is 3.55. The predicted molar refractivity (Wildman–Crippen MR) is 75.3 cm³/mol. The van der Waals surface area contributed by atoms with Gasteiger partial charge in [-0.2, -0.15) is 5.26 Å². The van der Waals surface area contributed by atoms with Crippen LogP contribution in [-0.2, 0) is 0 Å². The standard InChI is InChI=1S/C15H19N3O/c1-12(19)13-3-5-15(6-4-13)18-10-2-9-17-14(11-18)7-8-16/h3-6,14,17H,2,7,9-11H2,1H3. The van der Waals surface area contributed by atoms with Crippen molar-refractivity contribution in [3.63, 3.8) is 0 Å². The summed E-state index contributed by atoms with van der Waals surface area (Å²) < 4.78 is 0. The quantitative estimate of drug-likeness (QED) is 0.841. The average Bonchev–Trinajstić information content (AvgIpc) is 2.65. The van der Waals surface area contributed by atoms with Gasteiger partial charge in [0.2, 0.25) is 0 Å². The van der Waals surface area contributed by atoms with E-state index in [0.29, 0.717) is 6.42 Å². The van der Waals surface area contributed by atoms with E-state index in [2.05, 4.69) is 16.3 Å². The van der Waals surface area contributed by atoms with Crippen molar-refractivity contribution in [3.8, 4) is 6.07 Å². The fourth-order valence-corrected chi connectivity index (χ4v) is 2.39. The Labute approximate surface area is 114 Å². The van der Waals surface area contributed by atoms with Crippen LogP contribution in [0.5, 0.6) is 0 Å². The van der Waals surface area contributed by atoms with Crippen molar-refractivity contribution in [2.75, 3.05) is 24.5 Å². The van der Waals surface area contributed by atoms with Gasteiger partial charge in [0.1, 0.15) is 0 Å². The molecule has 4 nitrogen and oxygen atoms in total. The lowest BCUT2D eigenvalue weighted by atomic mass is 10.1. The number of Topliss-reactive ketones (excluding diaryl/α,β-unsaturated/α-hetero) is 1. The van der Waals surface area contributed by atoms with Crippen molar-refractivity contribution in [1.29, 1.82) is 5.26 Å². The maximum atomic E-state index is 11.3. The van der Waals surface area contributed by atoms with Crippen LogP contribution in [0.4, 0.5) is 5.69 Å². The highest BCUT2D eigenvalue weighted by molar-refractivity contribution is 5.94. The molecule has 1 unspecified atom stereocenters. The van der Waals surface area contributed by atoms with Crippen molar-refractivity contribution in [2.45, 2.75) is 25.8 Å². The molecular formula is C15H19N3O. The van der Waals surface area contributed by atoms with E-state index in [1.807, 2.05) is 24.3 Å². The lowest BCUT2D eigenvalue weighted by molar-refractivity contribution is 0.101. The Kier molecular flexibility index (Phi) is 4.53. The maximum Gasteiger partial charge on any atom is 0.159 e. The molecule has 0 radical (unpaired) electrons. The Morgan fingerprint density at radius 3 is 2.84 bits per heavy atom. The van der Waals surface area contributed by atoms with Crippen LogP contribution < -0.4 is 10.2 Å². The second kappa shape index (κ2) is 6.35. The third-order valence-electron chi connectivity index (χ3n) is 3.46. The summed E-state index contributed by atoms with van der Waals surface area (Å²) in [6, 6.07) is 10.2. The highest BCUT2D eigenvalue weighted by Crippen LogP contribution is 2.18. The molecule has 4 heteroatoms. The molecule has 1 aliphatic heterocycles. The van der Waals surface area contributed by atoms with Crippen LogP contribution >= 0.6 is 0 Å². The van der Waals surface area contributed by atoms with Gasteiger partial charge in [-0.1, -0.05) is 0 Å². The average molecular weight is 257 g/mol. The van der Waals surface area contributed by atoms with E-state index in [4.69, 9.17) is 5.26 Å². The SMILES string of the molecule is CC(=O)c1ccc(N2CCCNC(CC#N)C2)cc1. The Morgan fingerprint density at radius 1 is 1.47 bits per heavy atom. The number of benzene rings is 1. The van der Waals surface area contributed by atoms with Gasteiger partial charge in [0.25, 0.3) is 0 Å². The van der Waals surface area contributed by atoms with Crippen LogP contribution in [0.1, 0.15) is 30.1 Å². The van der Waals surface area contributed by atoms with Crippen LogP contribution in [0.3, 0.4) is 0 Å². The first-order valence-corrected chi connectivity index (χ1v) is 6.67. The Hall–Kier alpha value is -1.86. The smallest absolute Gasteiger partial charge is 0.159 e. The van der Waals surface area contributed by atoms with Crippen molar-refractivity contribution >= 4 is 11.5 Å². The molecule has 1 aromatic rings. The highest BCUT2D eigenvalue weighted by atomic mass is 16.1. The molecule has 0 bridgehead atoms. The van der Waals surface area contributed by atoms with Gasteiger partial charge >= 0.3 is 0 Å². The molecule has 0 aromatic heterocycles. The second-order valence-corrected chi connectivity index (χ2v) is 4.92. The molecule has 19 heavy (non-hydrogen) atoms. The summed E-state index contributed by atoms with van der Waals surface area (Å²) in [6.07, 6.45) is 1.60. The summed E-state index contributed by atoms with van der Waals surface area (Å²) in [5.41, 5.74) is 1.86. The molecule has 100 valence electrons. The Morgan fingerprint density at radius 2 is 2.21 bits per heavy atom. The van der Waals surface area contributed by atoms with E-state index in [0.717, 1.165) is 37.3 Å². The number of hydrogen-bond acceptors (Lipinski definition) is 4. The Balaban J connectivity index is 2.10. The van der Waals surface area contributed by atoms with Gasteiger partial charge in [-0.15, -0.1) is 0 Å². The molecule has 0 spiro atoms. The molecule has 1 saturated heterocycles. The van der Waals surface area contributed by atoms with Crippen molar-refractivity contribution in [2.24, 2.45) is 0 Å². The molecule has 1 aliphatic rings. The normalized spacial score (nSPS) is 19.6. The first kappa shape index (κ1) is 13.6. The zero-order chi connectivity index (χ0) is 13.7. The topological polar surface area (TPSA) is 56.1 Å². The second-order valence-electron chi connectivity index (χ2n) is 4.92. The van der Waals surface area contributed by atoms with Crippen LogP contribution in [-0.4, -0.2) is 31.5 Å². The maximum absolute atomic E-state index is 11.3. The summed E-state index contributed by atoms with van der Waals surface area (Å²) in [4.78, 5) is 13.5. The molecule has 0 aliphatic carbocycles. The molecule has 1 N–H and O–H groups in total. The van der Waals surface area contributed by atoms with Gasteiger partial charge in [0.05, 0.1) is 12.5 Å². The summed E-state index contributed by atoms with van der Waals surface area (Å²) in [5, 5.41) is 12.2. The molecule has 1 atom stereocenters. The van der Waals surface area contributed by atoms with E-state index in [-0.39, 0.29) is 11.8 Å². The van der Waals surface area contributed by atoms with E-state index < -0.39 is 0 Å². The van der Waals surface area contributed by atoms with Gasteiger partial charge in [-0.3, -0.25) is 4.79 Å². The van der Waals surface area contributed by atoms with E-state index >= 15 is 0 Å². The van der Waals surface area contributed by atoms with E-state index in [9.17, 15) is 4.79 Å². The fraction of sp³-hybridized carbons (Fsp3) is 0.467. The highest BCUT2D eigenvalue weighted by Gasteiger charge is 2.17. The molecule has 1 aromatic carbocycles. The zero-order valence-electron chi connectivity index (χ0n) is 11.2. The number of rotatable bonds is 3. The number of ketones is 1. The first-order chi connectivity index (χ1) is 9.20. The molecule has 1 heterocycles. The van der Waals surface area contributed by atoms with E-state index in [1.54, 1.807) is 6.92 Å². The largest absolute Gasteiger partial charge is 0.370 e. The van der Waals surface area contributed by atoms with Gasteiger partial charge in [-0.05, 0) is 44.2 Å². The van der Waals surface area contributed by atoms with E-state index in [1.165, 1.54) is 0 Å². The van der Waals surface area contributed by atoms with Crippen LogP contribution in [0.2, 0.25) is 0 Å². The number of nitrogens with one attached hydrogen (secondary N) is 1. The van der Waals surface area contributed by atoms with Gasteiger partial charge in [0, 0.05) is 30.4 Å². The number of carbonyl (C=O) groups excluding carboxylic acids is 1. The minimum atomic E-state index is 0.0893. The monoisotopic (exact) mass is 257 g/mol. The molecule has 2 rings (SSSR count).